The first kappa shape index (κ1) is 29.6. The Bertz CT molecular complexity index is 1350. The molecule has 1 heterocycles. The van der Waals surface area contributed by atoms with Gasteiger partial charge >= 0.3 is 0 Å². The number of halogens is 2. The summed E-state index contributed by atoms with van der Waals surface area (Å²) < 4.78 is 0. The van der Waals surface area contributed by atoms with E-state index in [4.69, 9.17) is 23.2 Å². The number of hydrogen-bond donors (Lipinski definition) is 2. The third kappa shape index (κ3) is 6.61. The van der Waals surface area contributed by atoms with E-state index in [0.717, 1.165) is 74.6 Å². The normalized spacial score (nSPS) is 17.0. The molecule has 2 fully saturated rings. The third-order valence-corrected chi connectivity index (χ3v) is 9.35. The minimum Gasteiger partial charge on any atom is -0.508 e. The van der Waals surface area contributed by atoms with E-state index < -0.39 is 0 Å². The molecule has 1 atom stereocenters. The van der Waals surface area contributed by atoms with Crippen LogP contribution >= 0.6 is 23.2 Å². The highest BCUT2D eigenvalue weighted by atomic mass is 35.5. The maximum absolute atomic E-state index is 13.2. The van der Waals surface area contributed by atoms with E-state index in [2.05, 4.69) is 46.0 Å². The molecule has 2 N–H and O–H groups in total. The predicted octanol–water partition coefficient (Wildman–Crippen LogP) is 7.13. The lowest BCUT2D eigenvalue weighted by atomic mass is 9.93. The molecule has 1 unspecified atom stereocenters. The number of phenols is 1. The van der Waals surface area contributed by atoms with Crippen LogP contribution in [0.4, 0.5) is 11.4 Å². The molecule has 0 aromatic heterocycles. The molecule has 0 radical (unpaired) electrons. The van der Waals surface area contributed by atoms with Crippen molar-refractivity contribution in [3.63, 3.8) is 0 Å². The fourth-order valence-electron chi connectivity index (χ4n) is 6.28. The van der Waals surface area contributed by atoms with Gasteiger partial charge in [-0.25, -0.2) is 0 Å². The van der Waals surface area contributed by atoms with Crippen LogP contribution in [0.3, 0.4) is 0 Å². The molecule has 0 bridgehead atoms. The quantitative estimate of drug-likeness (QED) is 0.276. The van der Waals surface area contributed by atoms with Crippen LogP contribution in [0.1, 0.15) is 67.1 Å². The number of nitrogens with zero attached hydrogens (tertiary/aromatic N) is 3. The number of anilines is 2. The number of rotatable bonds is 9. The number of nitrogens with one attached hydrogen (secondary N) is 1. The SMILES string of the molecule is CCN(CC)c1ccc(C(c2cccc(C(=O)NC3CCCC3)c2)N2CCN(c3cccc(Cl)c3Cl)CC2)c(O)c1. The summed E-state index contributed by atoms with van der Waals surface area (Å²) in [6, 6.07) is 19.7. The lowest BCUT2D eigenvalue weighted by Gasteiger charge is -2.41. The van der Waals surface area contributed by atoms with Gasteiger partial charge in [0.1, 0.15) is 5.75 Å². The first-order chi connectivity index (χ1) is 19.9. The zero-order chi connectivity index (χ0) is 28.9. The zero-order valence-corrected chi connectivity index (χ0v) is 25.5. The highest BCUT2D eigenvalue weighted by molar-refractivity contribution is 6.43. The molecule has 2 aliphatic rings. The van der Waals surface area contributed by atoms with E-state index in [9.17, 15) is 9.90 Å². The van der Waals surface area contributed by atoms with Gasteiger partial charge < -0.3 is 20.2 Å². The highest BCUT2D eigenvalue weighted by Crippen LogP contribution is 2.39. The molecule has 1 aliphatic carbocycles. The molecule has 1 amide bonds. The molecule has 1 saturated carbocycles. The Morgan fingerprint density at radius 2 is 1.68 bits per heavy atom. The van der Waals surface area contributed by atoms with Gasteiger partial charge in [-0.2, -0.15) is 0 Å². The van der Waals surface area contributed by atoms with Crippen LogP contribution in [0, 0.1) is 0 Å². The number of piperazine rings is 1. The van der Waals surface area contributed by atoms with Gasteiger partial charge in [0.2, 0.25) is 0 Å². The molecule has 0 spiro atoms. The van der Waals surface area contributed by atoms with Gasteiger partial charge in [0.25, 0.3) is 5.91 Å². The summed E-state index contributed by atoms with van der Waals surface area (Å²) in [6.07, 6.45) is 4.42. The van der Waals surface area contributed by atoms with Crippen molar-refractivity contribution in [3.8, 4) is 5.75 Å². The zero-order valence-electron chi connectivity index (χ0n) is 24.0. The van der Waals surface area contributed by atoms with Gasteiger partial charge in [-0.05, 0) is 62.6 Å². The molecule has 5 rings (SSSR count). The molecular formula is C33H40Cl2N4O2. The third-order valence-electron chi connectivity index (χ3n) is 8.54. The van der Waals surface area contributed by atoms with Crippen molar-refractivity contribution in [1.29, 1.82) is 0 Å². The van der Waals surface area contributed by atoms with Crippen molar-refractivity contribution < 1.29 is 9.90 Å². The van der Waals surface area contributed by atoms with Crippen LogP contribution in [0.25, 0.3) is 0 Å². The molecule has 3 aromatic carbocycles. The first-order valence-corrected chi connectivity index (χ1v) is 15.6. The van der Waals surface area contributed by atoms with Crippen LogP contribution in [-0.2, 0) is 0 Å². The van der Waals surface area contributed by atoms with Crippen LogP contribution in [-0.4, -0.2) is 61.2 Å². The van der Waals surface area contributed by atoms with Crippen LogP contribution in [0.5, 0.6) is 5.75 Å². The van der Waals surface area contributed by atoms with Crippen molar-refractivity contribution in [2.45, 2.75) is 51.6 Å². The van der Waals surface area contributed by atoms with Crippen LogP contribution in [0.2, 0.25) is 10.0 Å². The molecule has 1 saturated heterocycles. The second-order valence-electron chi connectivity index (χ2n) is 11.0. The van der Waals surface area contributed by atoms with E-state index in [-0.39, 0.29) is 23.7 Å². The van der Waals surface area contributed by atoms with Crippen molar-refractivity contribution >= 4 is 40.5 Å². The molecule has 41 heavy (non-hydrogen) atoms. The number of carbonyl (C=O) groups is 1. The molecule has 6 nitrogen and oxygen atoms in total. The Morgan fingerprint density at radius 1 is 0.976 bits per heavy atom. The molecule has 8 heteroatoms. The van der Waals surface area contributed by atoms with Crippen LogP contribution < -0.4 is 15.1 Å². The second-order valence-corrected chi connectivity index (χ2v) is 11.8. The number of benzene rings is 3. The molecule has 1 aliphatic heterocycles. The Kier molecular flexibility index (Phi) is 9.64. The van der Waals surface area contributed by atoms with Gasteiger partial charge in [0, 0.05) is 68.2 Å². The van der Waals surface area contributed by atoms with Crippen molar-refractivity contribution in [2.75, 3.05) is 49.1 Å². The summed E-state index contributed by atoms with van der Waals surface area (Å²) in [6.45, 7) is 8.99. The van der Waals surface area contributed by atoms with Gasteiger partial charge in [-0.15, -0.1) is 0 Å². The lowest BCUT2D eigenvalue weighted by Crippen LogP contribution is -2.48. The highest BCUT2D eigenvalue weighted by Gasteiger charge is 2.30. The summed E-state index contributed by atoms with van der Waals surface area (Å²) in [5, 5.41) is 15.7. The summed E-state index contributed by atoms with van der Waals surface area (Å²) in [7, 11) is 0. The average Bonchev–Trinajstić information content (AvgIpc) is 3.50. The smallest absolute Gasteiger partial charge is 0.251 e. The number of phenolic OH excluding ortho intramolecular Hbond substituents is 1. The fourth-order valence-corrected chi connectivity index (χ4v) is 6.70. The fraction of sp³-hybridized carbons (Fsp3) is 0.424. The second kappa shape index (κ2) is 13.4. The average molecular weight is 596 g/mol. The summed E-state index contributed by atoms with van der Waals surface area (Å²) in [5.41, 5.74) is 4.42. The van der Waals surface area contributed by atoms with Gasteiger partial charge in [0.05, 0.1) is 21.8 Å². The number of amides is 1. The summed E-state index contributed by atoms with van der Waals surface area (Å²) in [4.78, 5) is 20.1. The predicted molar refractivity (Wildman–Crippen MR) is 170 cm³/mol. The number of hydrogen-bond acceptors (Lipinski definition) is 5. The van der Waals surface area contributed by atoms with E-state index in [1.54, 1.807) is 6.07 Å². The number of carbonyl (C=O) groups excluding carboxylic acids is 1. The van der Waals surface area contributed by atoms with E-state index >= 15 is 0 Å². The minimum atomic E-state index is -0.211. The van der Waals surface area contributed by atoms with Crippen molar-refractivity contribution in [1.82, 2.24) is 10.2 Å². The van der Waals surface area contributed by atoms with Gasteiger partial charge in [-0.1, -0.05) is 60.3 Å². The summed E-state index contributed by atoms with van der Waals surface area (Å²) in [5.74, 6) is 0.236. The van der Waals surface area contributed by atoms with Crippen LogP contribution in [0.15, 0.2) is 60.7 Å². The number of aromatic hydroxyl groups is 1. The van der Waals surface area contributed by atoms with E-state index in [1.807, 2.05) is 42.5 Å². The topological polar surface area (TPSA) is 59.1 Å². The molecular weight excluding hydrogens is 555 g/mol. The maximum atomic E-state index is 13.2. The molecule has 218 valence electrons. The first-order valence-electron chi connectivity index (χ1n) is 14.8. The standard InChI is InChI=1S/C33H40Cl2N4O2/c1-3-37(4-2)26-15-16-27(30(40)22-26)32(23-9-7-10-24(21-23)33(41)36-25-11-5-6-12-25)39-19-17-38(18-20-39)29-14-8-13-28(34)31(29)35/h7-10,13-16,21-22,25,32,40H,3-6,11-12,17-20H2,1-2H3,(H,36,41). The van der Waals surface area contributed by atoms with Gasteiger partial charge in [-0.3, -0.25) is 9.69 Å². The Hall–Kier alpha value is -2.93. The van der Waals surface area contributed by atoms with E-state index in [1.165, 1.54) is 12.8 Å². The largest absolute Gasteiger partial charge is 0.508 e. The molecule has 3 aromatic rings. The van der Waals surface area contributed by atoms with Crippen molar-refractivity contribution in [3.05, 3.63) is 87.4 Å². The Balaban J connectivity index is 1.45. The van der Waals surface area contributed by atoms with Gasteiger partial charge in [0.15, 0.2) is 0 Å². The maximum Gasteiger partial charge on any atom is 0.251 e. The lowest BCUT2D eigenvalue weighted by molar-refractivity contribution is 0.0937. The monoisotopic (exact) mass is 594 g/mol. The Labute approximate surface area is 253 Å². The minimum absolute atomic E-state index is 0.0287. The Morgan fingerprint density at radius 3 is 2.37 bits per heavy atom. The van der Waals surface area contributed by atoms with Crippen molar-refractivity contribution in [2.24, 2.45) is 0 Å². The summed E-state index contributed by atoms with van der Waals surface area (Å²) >= 11 is 12.9. The van der Waals surface area contributed by atoms with E-state index in [0.29, 0.717) is 15.6 Å².